The van der Waals surface area contributed by atoms with Gasteiger partial charge in [0.2, 0.25) is 0 Å². The number of hydrogen-bond acceptors (Lipinski definition) is 5. The monoisotopic (exact) mass is 467 g/mol. The van der Waals surface area contributed by atoms with Crippen molar-refractivity contribution in [3.05, 3.63) is 93.9 Å². The number of aliphatic hydroxyl groups excluding tert-OH is 1. The number of Topliss-reactive ketones (excluding diaryl/α,β-unsaturated/α-hetero) is 1. The molecule has 1 aliphatic rings. The minimum Gasteiger partial charge on any atom is -0.507 e. The fourth-order valence-corrected chi connectivity index (χ4v) is 3.77. The normalized spacial score (nSPS) is 18.1. The third-order valence-corrected chi connectivity index (χ3v) is 5.52. The number of ether oxygens (including phenoxy) is 1. The molecule has 1 N–H and O–H groups in total. The zero-order chi connectivity index (χ0) is 21.3. The van der Waals surface area contributed by atoms with Gasteiger partial charge in [-0.3, -0.25) is 9.59 Å². The Labute approximate surface area is 181 Å². The number of amides is 1. The number of carbonyl (C=O) groups is 2. The summed E-state index contributed by atoms with van der Waals surface area (Å²) in [6.07, 6.45) is 1.51. The molecule has 0 radical (unpaired) electrons. The van der Waals surface area contributed by atoms with E-state index in [1.165, 1.54) is 11.2 Å². The van der Waals surface area contributed by atoms with Crippen LogP contribution in [0.1, 0.15) is 22.9 Å². The molecule has 1 aromatic heterocycles. The summed E-state index contributed by atoms with van der Waals surface area (Å²) >= 11 is 3.40. The van der Waals surface area contributed by atoms with Crippen LogP contribution in [0.15, 0.2) is 81.4 Å². The summed E-state index contributed by atoms with van der Waals surface area (Å²) in [5.41, 5.74) is 1.17. The summed E-state index contributed by atoms with van der Waals surface area (Å²) in [6.45, 7) is 0.109. The van der Waals surface area contributed by atoms with Crippen LogP contribution in [0.5, 0.6) is 5.75 Å². The molecule has 1 amide bonds. The third kappa shape index (κ3) is 3.64. The number of benzene rings is 2. The van der Waals surface area contributed by atoms with Crippen LogP contribution in [0, 0.1) is 0 Å². The highest BCUT2D eigenvalue weighted by Gasteiger charge is 2.46. The summed E-state index contributed by atoms with van der Waals surface area (Å²) in [7, 11) is 1.54. The van der Waals surface area contributed by atoms with Gasteiger partial charge in [0, 0.05) is 10.0 Å². The SMILES string of the molecule is COc1ccc(/C(O)=C2/C(=O)C(=O)N(Cc3ccco3)C2c2ccc(Br)cc2)cc1. The van der Waals surface area contributed by atoms with E-state index < -0.39 is 17.7 Å². The van der Waals surface area contributed by atoms with Crippen LogP contribution >= 0.6 is 15.9 Å². The number of methoxy groups -OCH3 is 1. The first kappa shape index (κ1) is 20.0. The van der Waals surface area contributed by atoms with Crippen molar-refractivity contribution in [3.8, 4) is 5.75 Å². The molecule has 7 heteroatoms. The fourth-order valence-electron chi connectivity index (χ4n) is 3.51. The second-order valence-electron chi connectivity index (χ2n) is 6.79. The van der Waals surface area contributed by atoms with Crippen molar-refractivity contribution < 1.29 is 23.8 Å². The van der Waals surface area contributed by atoms with Gasteiger partial charge in [-0.1, -0.05) is 28.1 Å². The van der Waals surface area contributed by atoms with Crippen molar-refractivity contribution in [2.45, 2.75) is 12.6 Å². The molecule has 0 saturated carbocycles. The molecular formula is C23H18BrNO5. The van der Waals surface area contributed by atoms with Crippen molar-refractivity contribution in [1.82, 2.24) is 4.90 Å². The molecule has 152 valence electrons. The van der Waals surface area contributed by atoms with E-state index in [4.69, 9.17) is 9.15 Å². The predicted molar refractivity (Wildman–Crippen MR) is 114 cm³/mol. The number of nitrogens with zero attached hydrogens (tertiary/aromatic N) is 1. The van der Waals surface area contributed by atoms with Gasteiger partial charge in [-0.05, 0) is 54.1 Å². The minimum atomic E-state index is -0.745. The average molecular weight is 468 g/mol. The van der Waals surface area contributed by atoms with Crippen LogP contribution in [0.4, 0.5) is 0 Å². The van der Waals surface area contributed by atoms with Crippen molar-refractivity contribution >= 4 is 33.4 Å². The molecule has 0 spiro atoms. The van der Waals surface area contributed by atoms with Gasteiger partial charge in [0.05, 0.1) is 31.5 Å². The van der Waals surface area contributed by atoms with Gasteiger partial charge >= 0.3 is 0 Å². The zero-order valence-corrected chi connectivity index (χ0v) is 17.6. The zero-order valence-electron chi connectivity index (χ0n) is 16.0. The molecule has 4 rings (SSSR count). The highest BCUT2D eigenvalue weighted by molar-refractivity contribution is 9.10. The van der Waals surface area contributed by atoms with E-state index >= 15 is 0 Å². The third-order valence-electron chi connectivity index (χ3n) is 5.00. The van der Waals surface area contributed by atoms with Gasteiger partial charge in [0.25, 0.3) is 11.7 Å². The Morgan fingerprint density at radius 1 is 1.10 bits per heavy atom. The molecule has 0 aliphatic carbocycles. The lowest BCUT2D eigenvalue weighted by Crippen LogP contribution is -2.29. The molecule has 1 saturated heterocycles. The molecule has 1 aliphatic heterocycles. The van der Waals surface area contributed by atoms with E-state index in [2.05, 4.69) is 15.9 Å². The average Bonchev–Trinajstić information content (AvgIpc) is 3.36. The summed E-state index contributed by atoms with van der Waals surface area (Å²) in [4.78, 5) is 27.3. The van der Waals surface area contributed by atoms with Crippen molar-refractivity contribution in [2.75, 3.05) is 7.11 Å². The Morgan fingerprint density at radius 2 is 1.80 bits per heavy atom. The highest BCUT2D eigenvalue weighted by Crippen LogP contribution is 2.40. The van der Waals surface area contributed by atoms with E-state index in [9.17, 15) is 14.7 Å². The van der Waals surface area contributed by atoms with Gasteiger partial charge in [0.15, 0.2) is 0 Å². The molecule has 2 aromatic carbocycles. The quantitative estimate of drug-likeness (QED) is 0.335. The fraction of sp³-hybridized carbons (Fsp3) is 0.130. The number of furan rings is 1. The Hall–Kier alpha value is -3.32. The van der Waals surface area contributed by atoms with Gasteiger partial charge in [-0.15, -0.1) is 0 Å². The molecule has 3 aromatic rings. The number of rotatable bonds is 5. The van der Waals surface area contributed by atoms with Crippen LogP contribution in [0.3, 0.4) is 0 Å². The number of carbonyl (C=O) groups excluding carboxylic acids is 2. The first-order valence-corrected chi connectivity index (χ1v) is 9.99. The van der Waals surface area contributed by atoms with Crippen LogP contribution in [0.25, 0.3) is 5.76 Å². The maximum atomic E-state index is 13.0. The van der Waals surface area contributed by atoms with E-state index in [0.29, 0.717) is 22.6 Å². The Bertz CT molecular complexity index is 1100. The topological polar surface area (TPSA) is 80.0 Å². The van der Waals surface area contributed by atoms with Gasteiger partial charge in [-0.25, -0.2) is 0 Å². The van der Waals surface area contributed by atoms with Crippen molar-refractivity contribution in [1.29, 1.82) is 0 Å². The van der Waals surface area contributed by atoms with Crippen molar-refractivity contribution in [2.24, 2.45) is 0 Å². The first-order valence-electron chi connectivity index (χ1n) is 9.20. The number of ketones is 1. The van der Waals surface area contributed by atoms with Gasteiger partial charge in [-0.2, -0.15) is 0 Å². The van der Waals surface area contributed by atoms with Gasteiger partial charge < -0.3 is 19.2 Å². The summed E-state index contributed by atoms with van der Waals surface area (Å²) in [5, 5.41) is 11.0. The molecule has 6 nitrogen and oxygen atoms in total. The number of hydrogen-bond donors (Lipinski definition) is 1. The molecule has 1 atom stereocenters. The lowest BCUT2D eigenvalue weighted by Gasteiger charge is -2.24. The molecule has 0 bridgehead atoms. The lowest BCUT2D eigenvalue weighted by atomic mass is 9.95. The molecule has 30 heavy (non-hydrogen) atoms. The Morgan fingerprint density at radius 3 is 2.40 bits per heavy atom. The van der Waals surface area contributed by atoms with Crippen LogP contribution < -0.4 is 4.74 Å². The molecule has 2 heterocycles. The molecule has 1 unspecified atom stereocenters. The first-order chi connectivity index (χ1) is 14.5. The van der Waals surface area contributed by atoms with Crippen molar-refractivity contribution in [3.63, 3.8) is 0 Å². The van der Waals surface area contributed by atoms with E-state index in [1.54, 1.807) is 43.5 Å². The summed E-state index contributed by atoms with van der Waals surface area (Å²) < 4.78 is 11.4. The maximum absolute atomic E-state index is 13.0. The number of aliphatic hydroxyl groups is 1. The molecule has 1 fully saturated rings. The Balaban J connectivity index is 1.84. The Kier molecular flexibility index (Phi) is 5.46. The molecular weight excluding hydrogens is 450 g/mol. The summed E-state index contributed by atoms with van der Waals surface area (Å²) in [5.74, 6) is -0.485. The smallest absolute Gasteiger partial charge is 0.296 e. The minimum absolute atomic E-state index is 0.0408. The number of likely N-dealkylation sites (tertiary alicyclic amines) is 1. The number of halogens is 1. The van der Waals surface area contributed by atoms with Crippen LogP contribution in [-0.4, -0.2) is 28.8 Å². The maximum Gasteiger partial charge on any atom is 0.296 e. The second kappa shape index (κ2) is 8.20. The predicted octanol–water partition coefficient (Wildman–Crippen LogP) is 4.67. The highest BCUT2D eigenvalue weighted by atomic mass is 79.9. The van der Waals surface area contributed by atoms with Crippen LogP contribution in [0.2, 0.25) is 0 Å². The standard InChI is InChI=1S/C23H18BrNO5/c1-29-17-10-6-15(7-11-17)21(26)19-20(14-4-8-16(24)9-5-14)25(23(28)22(19)27)13-18-3-2-12-30-18/h2-12,20,26H,13H2,1H3/b21-19-. The lowest BCUT2D eigenvalue weighted by molar-refractivity contribution is -0.140. The summed E-state index contributed by atoms with van der Waals surface area (Å²) in [6, 6.07) is 16.7. The van der Waals surface area contributed by atoms with E-state index in [0.717, 1.165) is 4.47 Å². The van der Waals surface area contributed by atoms with E-state index in [-0.39, 0.29) is 17.9 Å². The van der Waals surface area contributed by atoms with E-state index in [1.807, 2.05) is 24.3 Å². The van der Waals surface area contributed by atoms with Gasteiger partial charge in [0.1, 0.15) is 17.3 Å². The largest absolute Gasteiger partial charge is 0.507 e. The second-order valence-corrected chi connectivity index (χ2v) is 7.70. The van der Waals surface area contributed by atoms with Crippen LogP contribution in [-0.2, 0) is 16.1 Å².